The van der Waals surface area contributed by atoms with Crippen LogP contribution in [0, 0.1) is 0 Å². The first-order valence-electron chi connectivity index (χ1n) is 7.02. The quantitative estimate of drug-likeness (QED) is 0.931. The second-order valence-corrected chi connectivity index (χ2v) is 5.17. The van der Waals surface area contributed by atoms with Gasteiger partial charge in [-0.25, -0.2) is 9.78 Å². The molecule has 2 heterocycles. The Hall–Kier alpha value is -1.88. The molecule has 5 nitrogen and oxygen atoms in total. The molecule has 1 aromatic carbocycles. The number of aromatic carboxylic acids is 1. The third kappa shape index (κ3) is 2.18. The fourth-order valence-electron chi connectivity index (χ4n) is 2.81. The number of carboxylic acids is 1. The van der Waals surface area contributed by atoms with Gasteiger partial charge in [0.25, 0.3) is 0 Å². The topological polar surface area (TPSA) is 64.3 Å². The minimum Gasteiger partial charge on any atom is -0.478 e. The number of imidazole rings is 1. The highest BCUT2D eigenvalue weighted by Gasteiger charge is 2.23. The summed E-state index contributed by atoms with van der Waals surface area (Å²) >= 11 is 0. The Morgan fingerprint density at radius 3 is 3.05 bits per heavy atom. The molecule has 0 aliphatic carbocycles. The molecule has 1 aliphatic rings. The summed E-state index contributed by atoms with van der Waals surface area (Å²) in [4.78, 5) is 15.7. The fourth-order valence-corrected chi connectivity index (χ4v) is 2.81. The van der Waals surface area contributed by atoms with Crippen molar-refractivity contribution < 1.29 is 14.6 Å². The summed E-state index contributed by atoms with van der Waals surface area (Å²) in [6, 6.07) is 5.48. The molecule has 1 atom stereocenters. The monoisotopic (exact) mass is 274 g/mol. The zero-order valence-corrected chi connectivity index (χ0v) is 11.5. The average molecular weight is 274 g/mol. The Balaban J connectivity index is 2.13. The molecule has 0 amide bonds. The predicted octanol–water partition coefficient (Wildman–Crippen LogP) is 2.65. The van der Waals surface area contributed by atoms with Crippen molar-refractivity contribution in [3.63, 3.8) is 0 Å². The van der Waals surface area contributed by atoms with Crippen molar-refractivity contribution in [2.45, 2.75) is 32.2 Å². The van der Waals surface area contributed by atoms with E-state index < -0.39 is 5.97 Å². The van der Waals surface area contributed by atoms with Crippen LogP contribution in [0.25, 0.3) is 11.0 Å². The summed E-state index contributed by atoms with van der Waals surface area (Å²) in [5.74, 6) is 0.114. The Morgan fingerprint density at radius 2 is 2.40 bits per heavy atom. The zero-order chi connectivity index (χ0) is 14.1. The van der Waals surface area contributed by atoms with E-state index in [1.54, 1.807) is 12.1 Å². The van der Waals surface area contributed by atoms with Gasteiger partial charge in [-0.2, -0.15) is 0 Å². The maximum atomic E-state index is 11.1. The second kappa shape index (κ2) is 5.25. The van der Waals surface area contributed by atoms with Gasteiger partial charge in [-0.05, 0) is 31.0 Å². The van der Waals surface area contributed by atoms with E-state index in [4.69, 9.17) is 9.84 Å². The van der Waals surface area contributed by atoms with E-state index in [0.717, 1.165) is 42.7 Å². The van der Waals surface area contributed by atoms with Gasteiger partial charge >= 0.3 is 5.97 Å². The largest absolute Gasteiger partial charge is 0.478 e. The molecule has 5 heteroatoms. The highest BCUT2D eigenvalue weighted by Crippen LogP contribution is 2.28. The van der Waals surface area contributed by atoms with Crippen LogP contribution in [0.5, 0.6) is 0 Å². The van der Waals surface area contributed by atoms with Crippen LogP contribution in [0.1, 0.15) is 42.0 Å². The standard InChI is InChI=1S/C15H18N2O3/c1-2-3-14-16-12-8-10(15(18)19)4-5-13(12)17(14)11-6-7-20-9-11/h4-5,8,11H,2-3,6-7,9H2,1H3,(H,18,19). The van der Waals surface area contributed by atoms with E-state index >= 15 is 0 Å². The SMILES string of the molecule is CCCc1nc2cc(C(=O)O)ccc2n1C1CCOC1. The predicted molar refractivity (Wildman–Crippen MR) is 75.2 cm³/mol. The molecule has 0 radical (unpaired) electrons. The van der Waals surface area contributed by atoms with Crippen LogP contribution in [0.15, 0.2) is 18.2 Å². The minimum atomic E-state index is -0.914. The summed E-state index contributed by atoms with van der Waals surface area (Å²) in [6.45, 7) is 3.61. The van der Waals surface area contributed by atoms with Crippen LogP contribution in [0.2, 0.25) is 0 Å². The lowest BCUT2D eigenvalue weighted by molar-refractivity contribution is 0.0697. The number of carboxylic acid groups (broad SMARTS) is 1. The molecule has 106 valence electrons. The lowest BCUT2D eigenvalue weighted by Gasteiger charge is -2.14. The second-order valence-electron chi connectivity index (χ2n) is 5.17. The van der Waals surface area contributed by atoms with Crippen LogP contribution in [-0.4, -0.2) is 33.8 Å². The van der Waals surface area contributed by atoms with Crippen molar-refractivity contribution in [2.75, 3.05) is 13.2 Å². The first-order valence-corrected chi connectivity index (χ1v) is 7.02. The van der Waals surface area contributed by atoms with Gasteiger partial charge in [0, 0.05) is 13.0 Å². The molecule has 1 saturated heterocycles. The highest BCUT2D eigenvalue weighted by atomic mass is 16.5. The number of benzene rings is 1. The van der Waals surface area contributed by atoms with E-state index in [-0.39, 0.29) is 5.56 Å². The molecular formula is C15H18N2O3. The van der Waals surface area contributed by atoms with Crippen molar-refractivity contribution in [3.8, 4) is 0 Å². The zero-order valence-electron chi connectivity index (χ0n) is 11.5. The molecule has 1 aliphatic heterocycles. The van der Waals surface area contributed by atoms with Gasteiger partial charge < -0.3 is 14.4 Å². The fraction of sp³-hybridized carbons (Fsp3) is 0.467. The maximum absolute atomic E-state index is 11.1. The average Bonchev–Trinajstić information content (AvgIpc) is 3.04. The number of rotatable bonds is 4. The van der Waals surface area contributed by atoms with Crippen molar-refractivity contribution in [3.05, 3.63) is 29.6 Å². The third-order valence-corrected chi connectivity index (χ3v) is 3.75. The normalized spacial score (nSPS) is 18.8. The number of hydrogen-bond acceptors (Lipinski definition) is 3. The molecule has 1 N–H and O–H groups in total. The van der Waals surface area contributed by atoms with Crippen molar-refractivity contribution >= 4 is 17.0 Å². The molecule has 0 spiro atoms. The third-order valence-electron chi connectivity index (χ3n) is 3.75. The molecule has 1 aromatic heterocycles. The van der Waals surface area contributed by atoms with Crippen LogP contribution < -0.4 is 0 Å². The Kier molecular flexibility index (Phi) is 3.44. The number of aromatic nitrogens is 2. The lowest BCUT2D eigenvalue weighted by Crippen LogP contribution is -2.12. The van der Waals surface area contributed by atoms with Gasteiger partial charge in [-0.1, -0.05) is 6.92 Å². The van der Waals surface area contributed by atoms with E-state index in [1.807, 2.05) is 6.07 Å². The molecule has 3 rings (SSSR count). The lowest BCUT2D eigenvalue weighted by atomic mass is 10.2. The number of fused-ring (bicyclic) bond motifs is 1. The van der Waals surface area contributed by atoms with Gasteiger partial charge in [0.1, 0.15) is 5.82 Å². The summed E-state index contributed by atoms with van der Waals surface area (Å²) in [6.07, 6.45) is 2.90. The molecule has 1 unspecified atom stereocenters. The first kappa shape index (κ1) is 13.1. The molecule has 2 aromatic rings. The van der Waals surface area contributed by atoms with Gasteiger partial charge in [0.15, 0.2) is 0 Å². The summed E-state index contributed by atoms with van der Waals surface area (Å²) in [5.41, 5.74) is 2.06. The molecular weight excluding hydrogens is 256 g/mol. The molecule has 20 heavy (non-hydrogen) atoms. The minimum absolute atomic E-state index is 0.285. The number of carbonyl (C=O) groups is 1. The Labute approximate surface area is 117 Å². The van der Waals surface area contributed by atoms with E-state index in [1.165, 1.54) is 0 Å². The number of hydrogen-bond donors (Lipinski definition) is 1. The van der Waals surface area contributed by atoms with E-state index in [9.17, 15) is 4.79 Å². The number of nitrogens with zero attached hydrogens (tertiary/aromatic N) is 2. The van der Waals surface area contributed by atoms with E-state index in [0.29, 0.717) is 12.6 Å². The highest BCUT2D eigenvalue weighted by molar-refractivity contribution is 5.92. The molecule has 0 bridgehead atoms. The molecule has 1 fully saturated rings. The van der Waals surface area contributed by atoms with E-state index in [2.05, 4.69) is 16.5 Å². The first-order chi connectivity index (χ1) is 9.70. The summed E-state index contributed by atoms with van der Waals surface area (Å²) < 4.78 is 7.72. The van der Waals surface area contributed by atoms with Crippen LogP contribution >= 0.6 is 0 Å². The smallest absolute Gasteiger partial charge is 0.335 e. The van der Waals surface area contributed by atoms with Crippen LogP contribution in [0.3, 0.4) is 0 Å². The Morgan fingerprint density at radius 1 is 1.55 bits per heavy atom. The van der Waals surface area contributed by atoms with Crippen molar-refractivity contribution in [1.29, 1.82) is 0 Å². The van der Waals surface area contributed by atoms with Gasteiger partial charge in [-0.3, -0.25) is 0 Å². The number of aryl methyl sites for hydroxylation is 1. The Bertz CT molecular complexity index is 642. The van der Waals surface area contributed by atoms with Gasteiger partial charge in [0.05, 0.1) is 29.2 Å². The summed E-state index contributed by atoms with van der Waals surface area (Å²) in [7, 11) is 0. The van der Waals surface area contributed by atoms with Gasteiger partial charge in [-0.15, -0.1) is 0 Å². The summed E-state index contributed by atoms with van der Waals surface area (Å²) in [5, 5.41) is 9.08. The van der Waals surface area contributed by atoms with Crippen molar-refractivity contribution in [1.82, 2.24) is 9.55 Å². The number of ether oxygens (including phenoxy) is 1. The van der Waals surface area contributed by atoms with Gasteiger partial charge in [0.2, 0.25) is 0 Å². The van der Waals surface area contributed by atoms with Crippen LogP contribution in [0.4, 0.5) is 0 Å². The van der Waals surface area contributed by atoms with Crippen LogP contribution in [-0.2, 0) is 11.2 Å². The maximum Gasteiger partial charge on any atom is 0.335 e. The molecule has 0 saturated carbocycles. The van der Waals surface area contributed by atoms with Crippen molar-refractivity contribution in [2.24, 2.45) is 0 Å².